The second-order valence-electron chi connectivity index (χ2n) is 6.83. The van der Waals surface area contributed by atoms with Crippen molar-refractivity contribution < 1.29 is 8.78 Å². The first kappa shape index (κ1) is 20.4. The maximum atomic E-state index is 13.7. The molecule has 4 rings (SSSR count). The van der Waals surface area contributed by atoms with E-state index in [4.69, 9.17) is 5.73 Å². The third kappa shape index (κ3) is 5.37. The summed E-state index contributed by atoms with van der Waals surface area (Å²) in [4.78, 5) is 13.2. The van der Waals surface area contributed by atoms with Gasteiger partial charge in [-0.1, -0.05) is 42.5 Å². The molecule has 4 N–H and O–H groups in total. The minimum Gasteiger partial charge on any atom is -0.350 e. The van der Waals surface area contributed by atoms with E-state index in [9.17, 15) is 8.78 Å². The van der Waals surface area contributed by atoms with Crippen molar-refractivity contribution in [3.05, 3.63) is 95.6 Å². The lowest BCUT2D eigenvalue weighted by molar-refractivity contribution is 0.627. The van der Waals surface area contributed by atoms with Crippen molar-refractivity contribution in [2.24, 2.45) is 5.73 Å². The lowest BCUT2D eigenvalue weighted by atomic mass is 10.1. The average molecular weight is 418 g/mol. The number of hydrogen-bond donors (Lipinski definition) is 3. The molecule has 0 aliphatic rings. The Bertz CT molecular complexity index is 1180. The van der Waals surface area contributed by atoms with Crippen LogP contribution < -0.4 is 16.4 Å². The summed E-state index contributed by atoms with van der Waals surface area (Å²) in [6, 6.07) is 19.8. The Balaban J connectivity index is 1.63. The average Bonchev–Trinajstić information content (AvgIpc) is 2.78. The second-order valence-corrected chi connectivity index (χ2v) is 6.83. The smallest absolute Gasteiger partial charge is 0.232 e. The highest BCUT2D eigenvalue weighted by Crippen LogP contribution is 2.21. The van der Waals surface area contributed by atoms with Crippen LogP contribution in [0, 0.1) is 11.6 Å². The maximum Gasteiger partial charge on any atom is 0.232 e. The Hall–Kier alpha value is -3.91. The van der Waals surface area contributed by atoms with Gasteiger partial charge in [0.15, 0.2) is 5.82 Å². The van der Waals surface area contributed by atoms with E-state index in [2.05, 4.69) is 25.6 Å². The quantitative estimate of drug-likeness (QED) is 0.406. The fourth-order valence-corrected chi connectivity index (χ4v) is 2.94. The Labute approximate surface area is 178 Å². The van der Waals surface area contributed by atoms with Gasteiger partial charge in [-0.05, 0) is 41.5 Å². The van der Waals surface area contributed by atoms with Crippen LogP contribution in [0.3, 0.4) is 0 Å². The number of nitrogens with two attached hydrogens (primary N) is 1. The van der Waals surface area contributed by atoms with Crippen LogP contribution in [0.4, 0.5) is 26.4 Å². The van der Waals surface area contributed by atoms with Gasteiger partial charge in [0, 0.05) is 24.3 Å². The summed E-state index contributed by atoms with van der Waals surface area (Å²) in [7, 11) is 0. The van der Waals surface area contributed by atoms with Crippen LogP contribution in [0.1, 0.15) is 11.1 Å². The van der Waals surface area contributed by atoms with E-state index in [1.807, 2.05) is 24.3 Å². The van der Waals surface area contributed by atoms with Gasteiger partial charge in [-0.15, -0.1) is 0 Å². The van der Waals surface area contributed by atoms with Gasteiger partial charge in [-0.2, -0.15) is 15.0 Å². The molecule has 0 amide bonds. The van der Waals surface area contributed by atoms with Crippen molar-refractivity contribution in [2.75, 3.05) is 10.6 Å². The predicted octanol–water partition coefficient (Wildman–Crippen LogP) is 4.63. The van der Waals surface area contributed by atoms with Gasteiger partial charge in [0.25, 0.3) is 0 Å². The molecule has 1 aromatic heterocycles. The van der Waals surface area contributed by atoms with Crippen molar-refractivity contribution in [1.82, 2.24) is 15.0 Å². The summed E-state index contributed by atoms with van der Waals surface area (Å²) < 4.78 is 27.3. The minimum absolute atomic E-state index is 0.209. The molecule has 0 aliphatic carbocycles. The van der Waals surface area contributed by atoms with Gasteiger partial charge in [-0.3, -0.25) is 0 Å². The van der Waals surface area contributed by atoms with Gasteiger partial charge in [0.05, 0.1) is 0 Å². The molecule has 156 valence electrons. The summed E-state index contributed by atoms with van der Waals surface area (Å²) in [6.45, 7) is 0.949. The van der Waals surface area contributed by atoms with Crippen LogP contribution in [0.25, 0.3) is 11.4 Å². The topological polar surface area (TPSA) is 88.8 Å². The first-order valence-electron chi connectivity index (χ1n) is 9.65. The molecule has 31 heavy (non-hydrogen) atoms. The molecule has 6 nitrogen and oxygen atoms in total. The van der Waals surface area contributed by atoms with Crippen LogP contribution in [0.15, 0.2) is 72.8 Å². The van der Waals surface area contributed by atoms with Gasteiger partial charge in [0.1, 0.15) is 11.6 Å². The molecule has 3 aromatic carbocycles. The zero-order valence-corrected chi connectivity index (χ0v) is 16.5. The molecule has 8 heteroatoms. The summed E-state index contributed by atoms with van der Waals surface area (Å²) in [5.74, 6) is 0.0158. The van der Waals surface area contributed by atoms with E-state index in [1.165, 1.54) is 24.3 Å². The van der Waals surface area contributed by atoms with Crippen molar-refractivity contribution >= 4 is 17.6 Å². The number of aromatic nitrogens is 3. The Kier molecular flexibility index (Phi) is 6.09. The number of halogens is 2. The first-order valence-corrected chi connectivity index (χ1v) is 9.65. The summed E-state index contributed by atoms with van der Waals surface area (Å²) in [6.07, 6.45) is 0. The van der Waals surface area contributed by atoms with E-state index in [0.29, 0.717) is 30.3 Å². The number of nitrogens with one attached hydrogen (secondary N) is 2. The molecular weight excluding hydrogens is 398 g/mol. The van der Waals surface area contributed by atoms with Crippen LogP contribution in [-0.4, -0.2) is 15.0 Å². The highest BCUT2D eigenvalue weighted by Gasteiger charge is 2.10. The Morgan fingerprint density at radius 2 is 1.42 bits per heavy atom. The van der Waals surface area contributed by atoms with E-state index >= 15 is 0 Å². The highest BCUT2D eigenvalue weighted by molar-refractivity contribution is 5.61. The first-order chi connectivity index (χ1) is 15.1. The van der Waals surface area contributed by atoms with Crippen molar-refractivity contribution in [1.29, 1.82) is 0 Å². The van der Waals surface area contributed by atoms with E-state index < -0.39 is 5.82 Å². The number of nitrogens with zero attached hydrogens (tertiary/aromatic N) is 3. The highest BCUT2D eigenvalue weighted by atomic mass is 19.1. The zero-order valence-electron chi connectivity index (χ0n) is 16.5. The minimum atomic E-state index is -0.396. The normalized spacial score (nSPS) is 10.7. The molecule has 0 bridgehead atoms. The SMILES string of the molecule is NCc1ccc(CNc2nc(Nc3cccc(F)c3)nc(-c3cccc(F)c3)n2)cc1. The van der Waals surface area contributed by atoms with Crippen LogP contribution in [0.2, 0.25) is 0 Å². The molecular formula is C23H20F2N6. The molecule has 4 aromatic rings. The lowest BCUT2D eigenvalue weighted by Crippen LogP contribution is -2.08. The molecule has 0 atom stereocenters. The Morgan fingerprint density at radius 3 is 2.13 bits per heavy atom. The fraction of sp³-hybridized carbons (Fsp3) is 0.0870. The zero-order chi connectivity index (χ0) is 21.6. The third-order valence-corrected chi connectivity index (χ3v) is 4.51. The number of hydrogen-bond acceptors (Lipinski definition) is 6. The van der Waals surface area contributed by atoms with E-state index in [0.717, 1.165) is 11.1 Å². The summed E-state index contributed by atoms with van der Waals surface area (Å²) in [5.41, 5.74) is 8.68. The maximum absolute atomic E-state index is 13.7. The monoisotopic (exact) mass is 418 g/mol. The molecule has 0 radical (unpaired) electrons. The molecule has 0 fully saturated rings. The van der Waals surface area contributed by atoms with Gasteiger partial charge in [-0.25, -0.2) is 8.78 Å². The van der Waals surface area contributed by atoms with Crippen molar-refractivity contribution in [3.63, 3.8) is 0 Å². The third-order valence-electron chi connectivity index (χ3n) is 4.51. The standard InChI is InChI=1S/C23H20F2N6/c24-18-4-1-3-17(11-18)21-29-22(27-14-16-9-7-15(13-26)8-10-16)31-23(30-21)28-20-6-2-5-19(25)12-20/h1-12H,13-14,26H2,(H2,27,28,29,30,31). The number of anilines is 3. The molecule has 0 unspecified atom stereocenters. The number of benzene rings is 3. The predicted molar refractivity (Wildman–Crippen MR) is 117 cm³/mol. The van der Waals surface area contributed by atoms with Crippen LogP contribution in [-0.2, 0) is 13.1 Å². The number of rotatable bonds is 7. The van der Waals surface area contributed by atoms with Crippen molar-refractivity contribution in [2.45, 2.75) is 13.1 Å². The van der Waals surface area contributed by atoms with Crippen molar-refractivity contribution in [3.8, 4) is 11.4 Å². The molecule has 0 saturated heterocycles. The van der Waals surface area contributed by atoms with Gasteiger partial charge < -0.3 is 16.4 Å². The van der Waals surface area contributed by atoms with Crippen LogP contribution in [0.5, 0.6) is 0 Å². The lowest BCUT2D eigenvalue weighted by Gasteiger charge is -2.11. The Morgan fingerprint density at radius 1 is 0.742 bits per heavy atom. The molecule has 1 heterocycles. The molecule has 0 saturated carbocycles. The summed E-state index contributed by atoms with van der Waals surface area (Å²) >= 11 is 0. The largest absolute Gasteiger partial charge is 0.350 e. The van der Waals surface area contributed by atoms with Crippen LogP contribution >= 0.6 is 0 Å². The second kappa shape index (κ2) is 9.27. The molecule has 0 aliphatic heterocycles. The van der Waals surface area contributed by atoms with E-state index in [-0.39, 0.29) is 17.6 Å². The molecule has 0 spiro atoms. The van der Waals surface area contributed by atoms with Gasteiger partial charge >= 0.3 is 0 Å². The van der Waals surface area contributed by atoms with E-state index in [1.54, 1.807) is 24.3 Å². The summed E-state index contributed by atoms with van der Waals surface area (Å²) in [5, 5.41) is 6.13. The van der Waals surface area contributed by atoms with Gasteiger partial charge in [0.2, 0.25) is 11.9 Å². The fourth-order valence-electron chi connectivity index (χ4n) is 2.94.